The van der Waals surface area contributed by atoms with Crippen molar-refractivity contribution in [3.8, 4) is 0 Å². The molecule has 0 radical (unpaired) electrons. The van der Waals surface area contributed by atoms with Crippen LogP contribution in [0.5, 0.6) is 0 Å². The standard InChI is InChI=1S/C7H6F2N2O2/c1-3-2-4(8)5(9)7(6(3)10)11(12)13/h2H,10H2,1H3. The molecule has 0 unspecified atom stereocenters. The molecule has 0 saturated heterocycles. The largest absolute Gasteiger partial charge is 0.393 e. The van der Waals surface area contributed by atoms with Crippen molar-refractivity contribution in [2.24, 2.45) is 0 Å². The van der Waals surface area contributed by atoms with Crippen LogP contribution >= 0.6 is 0 Å². The van der Waals surface area contributed by atoms with Gasteiger partial charge in [0.15, 0.2) is 5.82 Å². The Kier molecular flexibility index (Phi) is 2.14. The molecule has 0 atom stereocenters. The third-order valence-electron chi connectivity index (χ3n) is 1.62. The van der Waals surface area contributed by atoms with Crippen LogP contribution < -0.4 is 5.73 Å². The lowest BCUT2D eigenvalue weighted by atomic mass is 10.1. The van der Waals surface area contributed by atoms with Gasteiger partial charge in [0, 0.05) is 0 Å². The number of hydrogen-bond donors (Lipinski definition) is 1. The number of aryl methyl sites for hydroxylation is 1. The third kappa shape index (κ3) is 1.42. The van der Waals surface area contributed by atoms with Gasteiger partial charge in [0.2, 0.25) is 5.82 Å². The zero-order chi connectivity index (χ0) is 10.2. The molecule has 0 saturated carbocycles. The fraction of sp³-hybridized carbons (Fsp3) is 0.143. The maximum absolute atomic E-state index is 12.8. The van der Waals surface area contributed by atoms with Crippen molar-refractivity contribution >= 4 is 11.4 Å². The molecule has 0 aliphatic heterocycles. The topological polar surface area (TPSA) is 69.2 Å². The Bertz CT molecular complexity index is 353. The minimum Gasteiger partial charge on any atom is -0.393 e. The van der Waals surface area contributed by atoms with E-state index in [1.807, 2.05) is 0 Å². The van der Waals surface area contributed by atoms with E-state index in [4.69, 9.17) is 5.73 Å². The van der Waals surface area contributed by atoms with E-state index in [0.29, 0.717) is 0 Å². The van der Waals surface area contributed by atoms with Crippen molar-refractivity contribution in [1.82, 2.24) is 0 Å². The summed E-state index contributed by atoms with van der Waals surface area (Å²) in [6.45, 7) is 1.37. The van der Waals surface area contributed by atoms with Gasteiger partial charge in [0.05, 0.1) is 4.92 Å². The van der Waals surface area contributed by atoms with Crippen molar-refractivity contribution < 1.29 is 13.7 Å². The highest BCUT2D eigenvalue weighted by atomic mass is 19.2. The van der Waals surface area contributed by atoms with Gasteiger partial charge in [0.1, 0.15) is 5.69 Å². The van der Waals surface area contributed by atoms with E-state index in [2.05, 4.69) is 0 Å². The molecule has 0 aromatic heterocycles. The highest BCUT2D eigenvalue weighted by molar-refractivity contribution is 5.63. The predicted octanol–water partition coefficient (Wildman–Crippen LogP) is 1.76. The quantitative estimate of drug-likeness (QED) is 0.414. The Balaban J connectivity index is 3.56. The Hall–Kier alpha value is -1.72. The van der Waals surface area contributed by atoms with Crippen LogP contribution in [0.25, 0.3) is 0 Å². The molecule has 13 heavy (non-hydrogen) atoms. The van der Waals surface area contributed by atoms with Crippen LogP contribution in [0.1, 0.15) is 5.56 Å². The minimum atomic E-state index is -1.52. The van der Waals surface area contributed by atoms with E-state index in [9.17, 15) is 18.9 Å². The number of hydrogen-bond acceptors (Lipinski definition) is 3. The molecule has 6 heteroatoms. The molecular formula is C7H6F2N2O2. The third-order valence-corrected chi connectivity index (χ3v) is 1.62. The monoisotopic (exact) mass is 188 g/mol. The number of halogens is 2. The van der Waals surface area contributed by atoms with Gasteiger partial charge >= 0.3 is 5.69 Å². The molecule has 2 N–H and O–H groups in total. The summed E-state index contributed by atoms with van der Waals surface area (Å²) in [6, 6.07) is 0.817. The normalized spacial score (nSPS) is 10.1. The average molecular weight is 188 g/mol. The van der Waals surface area contributed by atoms with Crippen LogP contribution in [-0.4, -0.2) is 4.92 Å². The number of nitrogens with two attached hydrogens (primary N) is 1. The first-order valence-corrected chi connectivity index (χ1v) is 3.33. The number of nitro groups is 1. The van der Waals surface area contributed by atoms with Gasteiger partial charge in [-0.2, -0.15) is 4.39 Å². The van der Waals surface area contributed by atoms with E-state index >= 15 is 0 Å². The molecule has 0 spiro atoms. The molecule has 1 aromatic rings. The highest BCUT2D eigenvalue weighted by Crippen LogP contribution is 2.29. The Morgan fingerprint density at radius 1 is 1.54 bits per heavy atom. The summed E-state index contributed by atoms with van der Waals surface area (Å²) in [5, 5.41) is 10.3. The SMILES string of the molecule is Cc1cc(F)c(F)c([N+](=O)[O-])c1N. The summed E-state index contributed by atoms with van der Waals surface area (Å²) >= 11 is 0. The Labute approximate surface area is 72.1 Å². The van der Waals surface area contributed by atoms with Gasteiger partial charge in [-0.25, -0.2) is 4.39 Å². The first kappa shape index (κ1) is 9.37. The number of rotatable bonds is 1. The lowest BCUT2D eigenvalue weighted by molar-refractivity contribution is -0.386. The fourth-order valence-electron chi connectivity index (χ4n) is 0.928. The van der Waals surface area contributed by atoms with Crippen molar-refractivity contribution in [1.29, 1.82) is 0 Å². The minimum absolute atomic E-state index is 0.144. The summed E-state index contributed by atoms with van der Waals surface area (Å²) < 4.78 is 25.4. The van der Waals surface area contributed by atoms with Gasteiger partial charge in [0.25, 0.3) is 0 Å². The number of anilines is 1. The second kappa shape index (κ2) is 2.96. The molecular weight excluding hydrogens is 182 g/mol. The van der Waals surface area contributed by atoms with Gasteiger partial charge < -0.3 is 5.73 Å². The van der Waals surface area contributed by atoms with Gasteiger partial charge in [-0.1, -0.05) is 0 Å². The van der Waals surface area contributed by atoms with Gasteiger partial charge in [-0.15, -0.1) is 0 Å². The first-order valence-electron chi connectivity index (χ1n) is 3.33. The van der Waals surface area contributed by atoms with Crippen molar-refractivity contribution in [2.45, 2.75) is 6.92 Å². The van der Waals surface area contributed by atoms with Crippen LogP contribution in [0.4, 0.5) is 20.2 Å². The number of nitrogen functional groups attached to an aromatic ring is 1. The number of nitro benzene ring substituents is 1. The number of benzene rings is 1. The average Bonchev–Trinajstić information content (AvgIpc) is 2.01. The summed E-state index contributed by atoms with van der Waals surface area (Å²) in [6.07, 6.45) is 0. The first-order chi connectivity index (χ1) is 5.95. The van der Waals surface area contributed by atoms with Crippen LogP contribution in [-0.2, 0) is 0 Å². The zero-order valence-corrected chi connectivity index (χ0v) is 6.67. The second-order valence-corrected chi connectivity index (χ2v) is 2.51. The molecule has 4 nitrogen and oxygen atoms in total. The molecule has 1 aromatic carbocycles. The Morgan fingerprint density at radius 2 is 2.08 bits per heavy atom. The highest BCUT2D eigenvalue weighted by Gasteiger charge is 2.24. The molecule has 0 bridgehead atoms. The second-order valence-electron chi connectivity index (χ2n) is 2.51. The maximum atomic E-state index is 12.8. The molecule has 1 rings (SSSR count). The van der Waals surface area contributed by atoms with Gasteiger partial charge in [-0.05, 0) is 18.6 Å². The summed E-state index contributed by atoms with van der Waals surface area (Å²) in [4.78, 5) is 9.22. The maximum Gasteiger partial charge on any atom is 0.330 e. The van der Waals surface area contributed by atoms with E-state index in [0.717, 1.165) is 6.07 Å². The smallest absolute Gasteiger partial charge is 0.330 e. The summed E-state index contributed by atoms with van der Waals surface area (Å²) in [5.41, 5.74) is 4.00. The number of nitrogens with zero attached hydrogens (tertiary/aromatic N) is 1. The molecule has 0 fully saturated rings. The lowest BCUT2D eigenvalue weighted by Crippen LogP contribution is -2.03. The van der Waals surface area contributed by atoms with E-state index < -0.39 is 22.2 Å². The van der Waals surface area contributed by atoms with Crippen LogP contribution in [0.2, 0.25) is 0 Å². The van der Waals surface area contributed by atoms with Crippen molar-refractivity contribution in [3.63, 3.8) is 0 Å². The Morgan fingerprint density at radius 3 is 2.54 bits per heavy atom. The van der Waals surface area contributed by atoms with E-state index in [-0.39, 0.29) is 11.3 Å². The zero-order valence-electron chi connectivity index (χ0n) is 6.67. The summed E-state index contributed by atoms with van der Waals surface area (Å²) in [5.74, 6) is -2.79. The molecule has 70 valence electrons. The predicted molar refractivity (Wildman–Crippen MR) is 42.2 cm³/mol. The molecule has 0 amide bonds. The van der Waals surface area contributed by atoms with Gasteiger partial charge in [-0.3, -0.25) is 10.1 Å². The fourth-order valence-corrected chi connectivity index (χ4v) is 0.928. The molecule has 0 aliphatic rings. The van der Waals surface area contributed by atoms with Crippen LogP contribution in [0.3, 0.4) is 0 Å². The van der Waals surface area contributed by atoms with Crippen molar-refractivity contribution in [3.05, 3.63) is 33.4 Å². The van der Waals surface area contributed by atoms with Crippen LogP contribution in [0.15, 0.2) is 6.07 Å². The van der Waals surface area contributed by atoms with E-state index in [1.165, 1.54) is 6.92 Å². The van der Waals surface area contributed by atoms with Crippen molar-refractivity contribution in [2.75, 3.05) is 5.73 Å². The molecule has 0 aliphatic carbocycles. The van der Waals surface area contributed by atoms with E-state index in [1.54, 1.807) is 0 Å². The summed E-state index contributed by atoms with van der Waals surface area (Å²) in [7, 11) is 0. The molecule has 0 heterocycles. The van der Waals surface area contributed by atoms with Crippen LogP contribution in [0, 0.1) is 28.7 Å². The lowest BCUT2D eigenvalue weighted by Gasteiger charge is -2.02.